The number of rotatable bonds is 2. The first-order valence-corrected chi connectivity index (χ1v) is 16.3. The maximum atomic E-state index is 10.4. The van der Waals surface area contributed by atoms with Crippen LogP contribution in [0.4, 0.5) is 0 Å². The summed E-state index contributed by atoms with van der Waals surface area (Å²) in [6, 6.07) is 49.7. The van der Waals surface area contributed by atoms with Gasteiger partial charge >= 0.3 is 0 Å². The highest BCUT2D eigenvalue weighted by Gasteiger charge is 2.31. The molecule has 2 aliphatic carbocycles. The molecule has 10 rings (SSSR count). The molecule has 4 heteroatoms. The second-order valence-electron chi connectivity index (χ2n) is 12.8. The van der Waals surface area contributed by atoms with Gasteiger partial charge in [-0.25, -0.2) is 0 Å². The summed E-state index contributed by atoms with van der Waals surface area (Å²) in [5, 5.41) is 47.4. The lowest BCUT2D eigenvalue weighted by atomic mass is 9.80. The molecule has 50 heavy (non-hydrogen) atoms. The van der Waals surface area contributed by atoms with Crippen molar-refractivity contribution in [3.05, 3.63) is 144 Å². The van der Waals surface area contributed by atoms with Crippen molar-refractivity contribution in [3.8, 4) is 91.0 Å². The Morgan fingerprint density at radius 1 is 0.280 bits per heavy atom. The molecule has 0 saturated carbocycles. The van der Waals surface area contributed by atoms with Gasteiger partial charge in [0.2, 0.25) is 0 Å². The van der Waals surface area contributed by atoms with E-state index < -0.39 is 0 Å². The summed E-state index contributed by atoms with van der Waals surface area (Å²) in [6.07, 6.45) is 0. The Morgan fingerprint density at radius 2 is 0.620 bits per heavy atom. The molecule has 0 saturated heterocycles. The zero-order valence-electron chi connectivity index (χ0n) is 26.3. The number of hydrogen-bond acceptors (Lipinski definition) is 4. The topological polar surface area (TPSA) is 95.2 Å². The molecule has 0 heterocycles. The zero-order chi connectivity index (χ0) is 33.7. The van der Waals surface area contributed by atoms with Gasteiger partial charge in [-0.1, -0.05) is 84.9 Å². The van der Waals surface area contributed by atoms with E-state index in [0.717, 1.165) is 54.9 Å². The highest BCUT2D eigenvalue weighted by molar-refractivity contribution is 6.30. The average Bonchev–Trinajstić information content (AvgIpc) is 3.67. The normalized spacial score (nSPS) is 11.5. The first kappa shape index (κ1) is 27.6. The van der Waals surface area contributed by atoms with Crippen LogP contribution in [0.5, 0.6) is 0 Å². The van der Waals surface area contributed by atoms with E-state index in [1.807, 2.05) is 24.3 Å². The van der Waals surface area contributed by atoms with Crippen LogP contribution in [0.3, 0.4) is 0 Å². The van der Waals surface area contributed by atoms with Crippen molar-refractivity contribution in [2.75, 3.05) is 0 Å². The smallest absolute Gasteiger partial charge is 0.0998 e. The van der Waals surface area contributed by atoms with Crippen LogP contribution in [0, 0.1) is 45.3 Å². The minimum Gasteiger partial charge on any atom is -0.192 e. The minimum atomic E-state index is 0.405. The Balaban J connectivity index is 1.43. The molecule has 0 atom stereocenters. The van der Waals surface area contributed by atoms with Gasteiger partial charge in [0, 0.05) is 22.3 Å². The van der Waals surface area contributed by atoms with Gasteiger partial charge in [-0.3, -0.25) is 0 Å². The van der Waals surface area contributed by atoms with Crippen LogP contribution in [-0.4, -0.2) is 0 Å². The summed E-state index contributed by atoms with van der Waals surface area (Å²) >= 11 is 0. The Bertz CT molecular complexity index is 2810. The summed E-state index contributed by atoms with van der Waals surface area (Å²) in [5.41, 5.74) is 13.7. The van der Waals surface area contributed by atoms with Crippen molar-refractivity contribution in [1.82, 2.24) is 0 Å². The van der Waals surface area contributed by atoms with Crippen LogP contribution in [0.1, 0.15) is 22.3 Å². The van der Waals surface area contributed by atoms with Gasteiger partial charge in [0.15, 0.2) is 0 Å². The molecule has 4 nitrogen and oxygen atoms in total. The second-order valence-corrected chi connectivity index (χ2v) is 12.8. The van der Waals surface area contributed by atoms with Crippen molar-refractivity contribution >= 4 is 32.3 Å². The van der Waals surface area contributed by atoms with E-state index in [1.54, 1.807) is 36.4 Å². The zero-order valence-corrected chi connectivity index (χ0v) is 26.3. The summed E-state index contributed by atoms with van der Waals surface area (Å²) in [4.78, 5) is 0. The third-order valence-electron chi connectivity index (χ3n) is 10.5. The summed E-state index contributed by atoms with van der Waals surface area (Å²) in [5.74, 6) is 0. The van der Waals surface area contributed by atoms with E-state index in [9.17, 15) is 21.0 Å². The largest absolute Gasteiger partial charge is 0.192 e. The van der Waals surface area contributed by atoms with E-state index in [1.165, 1.54) is 33.0 Å². The number of hydrogen-bond donors (Lipinski definition) is 0. The molecule has 0 fully saturated rings. The summed E-state index contributed by atoms with van der Waals surface area (Å²) < 4.78 is 0. The van der Waals surface area contributed by atoms with Gasteiger partial charge in [0.1, 0.15) is 0 Å². The molecule has 2 aliphatic rings. The van der Waals surface area contributed by atoms with E-state index in [0.29, 0.717) is 33.4 Å². The van der Waals surface area contributed by atoms with Crippen molar-refractivity contribution in [2.45, 2.75) is 0 Å². The molecular formula is C46H20N4. The molecule has 0 radical (unpaired) electrons. The third-order valence-corrected chi connectivity index (χ3v) is 10.5. The van der Waals surface area contributed by atoms with Gasteiger partial charge in [-0.15, -0.1) is 0 Å². The first-order valence-electron chi connectivity index (χ1n) is 16.3. The van der Waals surface area contributed by atoms with E-state index >= 15 is 0 Å². The summed E-state index contributed by atoms with van der Waals surface area (Å²) in [7, 11) is 0. The maximum absolute atomic E-state index is 10.4. The minimum absolute atomic E-state index is 0.405. The highest BCUT2D eigenvalue weighted by atomic mass is 14.4. The predicted molar refractivity (Wildman–Crippen MR) is 198 cm³/mol. The molecule has 0 spiro atoms. The second kappa shape index (κ2) is 10.0. The Labute approximate surface area is 287 Å². The lowest BCUT2D eigenvalue weighted by Gasteiger charge is -2.21. The first-order chi connectivity index (χ1) is 24.7. The SMILES string of the molecule is N#Cc1cccc(C#N)c1-c1c2ccccc2c(-c2c(C#N)cccc2C#N)c2cc3c(cc12)-c1ccc2c4c(ccc-3c14)-c1ccccc1-2. The van der Waals surface area contributed by atoms with E-state index in [4.69, 9.17) is 0 Å². The molecule has 224 valence electrons. The van der Waals surface area contributed by atoms with Crippen molar-refractivity contribution in [1.29, 1.82) is 21.0 Å². The fourth-order valence-electron chi connectivity index (χ4n) is 8.57. The van der Waals surface area contributed by atoms with Crippen LogP contribution in [0.25, 0.3) is 99.1 Å². The van der Waals surface area contributed by atoms with Gasteiger partial charge in [-0.05, 0) is 113 Å². The number of fused-ring (bicyclic) bond motifs is 8. The van der Waals surface area contributed by atoms with Crippen molar-refractivity contribution in [3.63, 3.8) is 0 Å². The van der Waals surface area contributed by atoms with Crippen LogP contribution in [0.15, 0.2) is 121 Å². The van der Waals surface area contributed by atoms with E-state index in [-0.39, 0.29) is 0 Å². The monoisotopic (exact) mass is 628 g/mol. The number of benzene rings is 8. The highest BCUT2D eigenvalue weighted by Crippen LogP contribution is 2.58. The van der Waals surface area contributed by atoms with Gasteiger partial charge in [-0.2, -0.15) is 21.0 Å². The van der Waals surface area contributed by atoms with E-state index in [2.05, 4.69) is 84.9 Å². The fraction of sp³-hybridized carbons (Fsp3) is 0. The quantitative estimate of drug-likeness (QED) is 0.178. The Kier molecular flexibility index (Phi) is 5.52. The number of nitriles is 4. The molecule has 0 bridgehead atoms. The molecule has 8 aromatic rings. The van der Waals surface area contributed by atoms with Crippen LogP contribution >= 0.6 is 0 Å². The molecule has 0 unspecified atom stereocenters. The van der Waals surface area contributed by atoms with Crippen molar-refractivity contribution in [2.24, 2.45) is 0 Å². The fourth-order valence-corrected chi connectivity index (χ4v) is 8.57. The molecule has 8 aromatic carbocycles. The molecular weight excluding hydrogens is 609 g/mol. The van der Waals surface area contributed by atoms with Gasteiger partial charge in [0.05, 0.1) is 46.5 Å². The van der Waals surface area contributed by atoms with Crippen LogP contribution in [0.2, 0.25) is 0 Å². The summed E-state index contributed by atoms with van der Waals surface area (Å²) in [6.45, 7) is 0. The maximum Gasteiger partial charge on any atom is 0.0998 e. The van der Waals surface area contributed by atoms with Crippen LogP contribution in [-0.2, 0) is 0 Å². The molecule has 0 N–H and O–H groups in total. The number of nitrogens with zero attached hydrogens (tertiary/aromatic N) is 4. The predicted octanol–water partition coefficient (Wildman–Crippen LogP) is 11.3. The molecule has 0 aromatic heterocycles. The lowest BCUT2D eigenvalue weighted by molar-refractivity contribution is 1.44. The Hall–Kier alpha value is -7.50. The third kappa shape index (κ3) is 3.39. The molecule has 0 aliphatic heterocycles. The standard InChI is InChI=1S/C46H20N4/c47-21-25-7-5-8-26(22-48)41(25)45-31-13-3-4-14-32(31)46(42-27(23-49)9-6-10-28(42)24-50)40-20-38-36-18-16-34-30-12-2-1-11-29(30)33-15-17-35(44(36)43(33)34)37(38)19-39(40)45/h1-20H. The average molecular weight is 629 g/mol. The van der Waals surface area contributed by atoms with Crippen LogP contribution < -0.4 is 0 Å². The lowest BCUT2D eigenvalue weighted by Crippen LogP contribution is -1.98. The molecule has 0 amide bonds. The van der Waals surface area contributed by atoms with Gasteiger partial charge in [0.25, 0.3) is 0 Å². The van der Waals surface area contributed by atoms with Crippen molar-refractivity contribution < 1.29 is 0 Å². The Morgan fingerprint density at radius 3 is 0.980 bits per heavy atom. The van der Waals surface area contributed by atoms with Gasteiger partial charge < -0.3 is 0 Å².